The van der Waals surface area contributed by atoms with Crippen molar-refractivity contribution >= 4 is 5.97 Å². The Balaban J connectivity index is 0.00000137. The van der Waals surface area contributed by atoms with Crippen molar-refractivity contribution in [3.8, 4) is 0 Å². The molecule has 4 N–H and O–H groups in total. The molecule has 0 bridgehead atoms. The molecule has 0 aromatic heterocycles. The summed E-state index contributed by atoms with van der Waals surface area (Å²) in [5.74, 6) is -0.497. The predicted octanol–water partition coefficient (Wildman–Crippen LogP) is 0.795. The highest BCUT2D eigenvalue weighted by molar-refractivity contribution is 5.76. The Morgan fingerprint density at radius 3 is 2.22 bits per heavy atom. The summed E-state index contributed by atoms with van der Waals surface area (Å²) in [6.07, 6.45) is 2.85. The molecule has 1 saturated carbocycles. The summed E-state index contributed by atoms with van der Waals surface area (Å²) in [6.45, 7) is 5.49. The minimum atomic E-state index is -0.929. The Hall–Kier alpha value is -0.650. The summed E-state index contributed by atoms with van der Waals surface area (Å²) in [5, 5.41) is 12.4. The molecule has 0 saturated heterocycles. The molecule has 0 heterocycles. The van der Waals surface area contributed by atoms with Crippen LogP contribution in [0.15, 0.2) is 0 Å². The van der Waals surface area contributed by atoms with E-state index in [1.165, 1.54) is 6.92 Å². The van der Waals surface area contributed by atoms with Crippen LogP contribution in [-0.2, 0) is 9.53 Å². The largest absolute Gasteiger partial charge is 0.461 e. The number of esters is 1. The van der Waals surface area contributed by atoms with Gasteiger partial charge < -0.3 is 20.9 Å². The Morgan fingerprint density at radius 1 is 1.33 bits per heavy atom. The van der Waals surface area contributed by atoms with E-state index in [2.05, 4.69) is 5.32 Å². The highest BCUT2D eigenvalue weighted by Crippen LogP contribution is 2.21. The van der Waals surface area contributed by atoms with Crippen LogP contribution in [0.2, 0.25) is 0 Å². The molecule has 0 amide bonds. The van der Waals surface area contributed by atoms with Gasteiger partial charge in [0.2, 0.25) is 0 Å². The fourth-order valence-electron chi connectivity index (χ4n) is 1.91. The predicted molar refractivity (Wildman–Crippen MR) is 72.2 cm³/mol. The van der Waals surface area contributed by atoms with Crippen molar-refractivity contribution in [2.45, 2.75) is 70.7 Å². The quantitative estimate of drug-likeness (QED) is 0.651. The van der Waals surface area contributed by atoms with Gasteiger partial charge in [0.15, 0.2) is 0 Å². The van der Waals surface area contributed by atoms with E-state index in [1.54, 1.807) is 0 Å². The van der Waals surface area contributed by atoms with Gasteiger partial charge in [-0.1, -0.05) is 13.8 Å². The van der Waals surface area contributed by atoms with E-state index in [9.17, 15) is 4.79 Å². The average molecular weight is 260 g/mol. The molecule has 108 valence electrons. The fourth-order valence-corrected chi connectivity index (χ4v) is 1.91. The van der Waals surface area contributed by atoms with Crippen molar-refractivity contribution in [1.82, 2.24) is 5.32 Å². The van der Waals surface area contributed by atoms with Gasteiger partial charge in [0, 0.05) is 6.04 Å². The summed E-state index contributed by atoms with van der Waals surface area (Å²) in [5.41, 5.74) is 5.49. The zero-order valence-electron chi connectivity index (χ0n) is 12.0. The number of hydrogen-bond acceptors (Lipinski definition) is 5. The lowest BCUT2D eigenvalue weighted by atomic mass is 9.93. The lowest BCUT2D eigenvalue weighted by Crippen LogP contribution is -2.44. The maximum absolute atomic E-state index is 11.5. The van der Waals surface area contributed by atoms with Gasteiger partial charge >= 0.3 is 5.97 Å². The van der Waals surface area contributed by atoms with Crippen LogP contribution in [0.25, 0.3) is 0 Å². The van der Waals surface area contributed by atoms with Crippen molar-refractivity contribution in [1.29, 1.82) is 0 Å². The molecule has 1 aliphatic carbocycles. The maximum Gasteiger partial charge on any atom is 0.325 e. The number of nitrogens with two attached hydrogens (primary N) is 1. The Labute approximate surface area is 110 Å². The van der Waals surface area contributed by atoms with Gasteiger partial charge in [-0.25, -0.2) is 0 Å². The van der Waals surface area contributed by atoms with Crippen LogP contribution in [0.4, 0.5) is 0 Å². The fraction of sp³-hybridized carbons (Fsp3) is 0.923. The average Bonchev–Trinajstić information content (AvgIpc) is 2.40. The molecule has 0 aromatic rings. The summed E-state index contributed by atoms with van der Waals surface area (Å²) in [6, 6.07) is -0.401. The van der Waals surface area contributed by atoms with Gasteiger partial charge in [0.05, 0.1) is 6.10 Å². The summed E-state index contributed by atoms with van der Waals surface area (Å²) in [4.78, 5) is 11.5. The van der Waals surface area contributed by atoms with Gasteiger partial charge in [0.25, 0.3) is 0 Å². The van der Waals surface area contributed by atoms with E-state index in [0.717, 1.165) is 25.7 Å². The Bertz CT molecular complexity index is 226. The number of hydrogen-bond donors (Lipinski definition) is 3. The molecule has 0 aliphatic heterocycles. The van der Waals surface area contributed by atoms with Crippen LogP contribution < -0.4 is 11.1 Å². The van der Waals surface area contributed by atoms with E-state index in [4.69, 9.17) is 15.6 Å². The van der Waals surface area contributed by atoms with E-state index in [1.807, 2.05) is 20.9 Å². The molecular formula is C13H28N2O3. The molecule has 18 heavy (non-hydrogen) atoms. The number of aliphatic hydroxyl groups excluding tert-OH is 1. The lowest BCUT2D eigenvalue weighted by Gasteiger charge is -2.29. The smallest absolute Gasteiger partial charge is 0.325 e. The number of ether oxygens (including phenoxy) is 1. The summed E-state index contributed by atoms with van der Waals surface area (Å²) < 4.78 is 5.26. The Kier molecular flexibility index (Phi) is 8.97. The lowest BCUT2D eigenvalue weighted by molar-refractivity contribution is -0.154. The number of carbonyl (C=O) groups excluding carboxylic acids is 1. The highest BCUT2D eigenvalue weighted by atomic mass is 16.5. The minimum Gasteiger partial charge on any atom is -0.461 e. The van der Waals surface area contributed by atoms with Crippen molar-refractivity contribution in [3.63, 3.8) is 0 Å². The van der Waals surface area contributed by atoms with Crippen LogP contribution in [-0.4, -0.2) is 42.4 Å². The molecule has 0 spiro atoms. The molecule has 5 heteroatoms. The molecular weight excluding hydrogens is 232 g/mol. The first-order valence-electron chi connectivity index (χ1n) is 6.86. The van der Waals surface area contributed by atoms with Gasteiger partial charge in [0.1, 0.15) is 12.1 Å². The second kappa shape index (κ2) is 9.30. The number of aliphatic hydroxyl groups is 1. The number of nitrogens with one attached hydrogen (secondary N) is 1. The molecule has 1 fully saturated rings. The van der Waals surface area contributed by atoms with Gasteiger partial charge in [-0.05, 0) is 39.7 Å². The van der Waals surface area contributed by atoms with Crippen molar-refractivity contribution < 1.29 is 14.6 Å². The normalized spacial score (nSPS) is 26.6. The zero-order chi connectivity index (χ0) is 14.1. The molecule has 0 radical (unpaired) electrons. The summed E-state index contributed by atoms with van der Waals surface area (Å²) in [7, 11) is 1.94. The van der Waals surface area contributed by atoms with Gasteiger partial charge in [-0.2, -0.15) is 0 Å². The van der Waals surface area contributed by atoms with E-state index in [0.29, 0.717) is 6.04 Å². The molecule has 2 unspecified atom stereocenters. The van der Waals surface area contributed by atoms with Crippen molar-refractivity contribution in [2.24, 2.45) is 5.73 Å². The molecule has 5 nitrogen and oxygen atoms in total. The number of carbonyl (C=O) groups is 1. The monoisotopic (exact) mass is 260 g/mol. The maximum atomic E-state index is 11.5. The third kappa shape index (κ3) is 5.80. The van der Waals surface area contributed by atoms with E-state index in [-0.39, 0.29) is 6.10 Å². The van der Waals surface area contributed by atoms with Gasteiger partial charge in [-0.15, -0.1) is 0 Å². The zero-order valence-corrected chi connectivity index (χ0v) is 12.0. The van der Waals surface area contributed by atoms with Gasteiger partial charge in [-0.3, -0.25) is 4.79 Å². The second-order valence-corrected chi connectivity index (χ2v) is 4.47. The van der Waals surface area contributed by atoms with Crippen molar-refractivity contribution in [3.05, 3.63) is 0 Å². The van der Waals surface area contributed by atoms with Crippen LogP contribution in [0.3, 0.4) is 0 Å². The van der Waals surface area contributed by atoms with E-state index < -0.39 is 18.1 Å². The van der Waals surface area contributed by atoms with Crippen LogP contribution in [0.1, 0.15) is 46.5 Å². The first kappa shape index (κ1) is 17.4. The summed E-state index contributed by atoms with van der Waals surface area (Å²) >= 11 is 0. The third-order valence-electron chi connectivity index (χ3n) is 3.16. The van der Waals surface area contributed by atoms with Crippen LogP contribution in [0, 0.1) is 0 Å². The first-order valence-corrected chi connectivity index (χ1v) is 6.86. The van der Waals surface area contributed by atoms with Crippen molar-refractivity contribution in [2.75, 3.05) is 7.05 Å². The molecule has 1 aliphatic rings. The highest BCUT2D eigenvalue weighted by Gasteiger charge is 2.27. The van der Waals surface area contributed by atoms with E-state index >= 15 is 0 Å². The van der Waals surface area contributed by atoms with Crippen LogP contribution in [0.5, 0.6) is 0 Å². The molecule has 0 aromatic carbocycles. The number of rotatable bonds is 4. The minimum absolute atomic E-state index is 0.0399. The SMILES string of the molecule is CC.CNC1CCC(OC(=O)C(N)C(C)O)CC1. The third-order valence-corrected chi connectivity index (χ3v) is 3.16. The molecule has 1 rings (SSSR count). The standard InChI is InChI=1S/C11H22N2O3.C2H6/c1-7(14)10(12)11(15)16-9-5-3-8(13-2)4-6-9;1-2/h7-10,13-14H,3-6,12H2,1-2H3;1-2H3. The topological polar surface area (TPSA) is 84.6 Å². The first-order chi connectivity index (χ1) is 8.54. The molecule has 2 atom stereocenters. The second-order valence-electron chi connectivity index (χ2n) is 4.47. The van der Waals surface area contributed by atoms with Crippen LogP contribution >= 0.6 is 0 Å². The Morgan fingerprint density at radius 2 is 1.83 bits per heavy atom.